The van der Waals surface area contributed by atoms with E-state index in [4.69, 9.17) is 4.74 Å². The van der Waals surface area contributed by atoms with Crippen LogP contribution in [0.3, 0.4) is 0 Å². The lowest BCUT2D eigenvalue weighted by Gasteiger charge is -2.19. The van der Waals surface area contributed by atoms with Gasteiger partial charge in [-0.15, -0.1) is 0 Å². The summed E-state index contributed by atoms with van der Waals surface area (Å²) < 4.78 is 35.2. The summed E-state index contributed by atoms with van der Waals surface area (Å²) in [6.45, 7) is 6.69. The lowest BCUT2D eigenvalue weighted by atomic mass is 10.0. The Morgan fingerprint density at radius 2 is 1.68 bits per heavy atom. The summed E-state index contributed by atoms with van der Waals surface area (Å²) in [6.07, 6.45) is 4.18. The van der Waals surface area contributed by atoms with E-state index >= 15 is 0 Å². The van der Waals surface area contributed by atoms with Crippen molar-refractivity contribution in [3.05, 3.63) is 85.0 Å². The molecule has 41 heavy (non-hydrogen) atoms. The van der Waals surface area contributed by atoms with Crippen molar-refractivity contribution in [3.8, 4) is 27.9 Å². The molecule has 0 aliphatic rings. The van der Waals surface area contributed by atoms with Crippen molar-refractivity contribution in [1.29, 1.82) is 0 Å². The molecule has 2 amide bonds. The molecule has 5 aromatic rings. The van der Waals surface area contributed by atoms with Crippen LogP contribution in [0.15, 0.2) is 73.3 Å². The van der Waals surface area contributed by atoms with Crippen molar-refractivity contribution in [2.24, 2.45) is 0 Å². The molecule has 0 unspecified atom stereocenters. The second-order valence-electron chi connectivity index (χ2n) is 10.3. The molecular weight excluding hydrogens is 530 g/mol. The number of benzene rings is 2. The number of pyridine rings is 2. The molecule has 2 aromatic carbocycles. The van der Waals surface area contributed by atoms with Crippen LogP contribution in [0, 0.1) is 11.6 Å². The summed E-state index contributed by atoms with van der Waals surface area (Å²) in [4.78, 5) is 37.3. The van der Waals surface area contributed by atoms with Crippen LogP contribution in [0.5, 0.6) is 0 Å². The number of aromatic nitrogens is 4. The fourth-order valence-electron chi connectivity index (χ4n) is 4.24. The molecule has 0 aliphatic carbocycles. The van der Waals surface area contributed by atoms with Gasteiger partial charge in [0.05, 0.1) is 5.69 Å². The van der Waals surface area contributed by atoms with E-state index in [0.29, 0.717) is 33.9 Å². The van der Waals surface area contributed by atoms with Gasteiger partial charge in [-0.1, -0.05) is 0 Å². The third-order valence-corrected chi connectivity index (χ3v) is 5.87. The first kappa shape index (κ1) is 27.4. The van der Waals surface area contributed by atoms with Crippen molar-refractivity contribution in [1.82, 2.24) is 19.5 Å². The van der Waals surface area contributed by atoms with Crippen molar-refractivity contribution >= 4 is 34.7 Å². The Balaban J connectivity index is 1.50. The molecular formula is C30H26F2N6O3. The van der Waals surface area contributed by atoms with E-state index in [0.717, 1.165) is 17.2 Å². The summed E-state index contributed by atoms with van der Waals surface area (Å²) >= 11 is 0. The predicted octanol–water partition coefficient (Wildman–Crippen LogP) is 6.73. The van der Waals surface area contributed by atoms with E-state index in [1.165, 1.54) is 19.1 Å². The third-order valence-electron chi connectivity index (χ3n) is 5.87. The highest BCUT2D eigenvalue weighted by molar-refractivity contribution is 5.91. The van der Waals surface area contributed by atoms with Crippen LogP contribution in [0.2, 0.25) is 0 Å². The van der Waals surface area contributed by atoms with E-state index in [1.807, 2.05) is 6.07 Å². The first-order valence-corrected chi connectivity index (χ1v) is 12.6. The lowest BCUT2D eigenvalue weighted by Crippen LogP contribution is -2.27. The minimum Gasteiger partial charge on any atom is -0.444 e. The van der Waals surface area contributed by atoms with Gasteiger partial charge in [-0.2, -0.15) is 0 Å². The molecule has 0 fully saturated rings. The molecule has 0 atom stereocenters. The van der Waals surface area contributed by atoms with Crippen LogP contribution < -0.4 is 10.6 Å². The number of rotatable bonds is 5. The molecule has 0 radical (unpaired) electrons. The van der Waals surface area contributed by atoms with Crippen molar-refractivity contribution in [3.63, 3.8) is 0 Å². The molecule has 3 aromatic heterocycles. The maximum absolute atomic E-state index is 14.6. The van der Waals surface area contributed by atoms with Gasteiger partial charge in [-0.05, 0) is 80.4 Å². The first-order valence-electron chi connectivity index (χ1n) is 12.6. The van der Waals surface area contributed by atoms with Crippen LogP contribution in [0.1, 0.15) is 27.7 Å². The Kier molecular flexibility index (Phi) is 7.19. The summed E-state index contributed by atoms with van der Waals surface area (Å²) in [6, 6.07) is 13.7. The minimum absolute atomic E-state index is 0.174. The number of ether oxygens (including phenoxy) is 1. The van der Waals surface area contributed by atoms with Crippen molar-refractivity contribution < 1.29 is 23.1 Å². The number of carbonyl (C=O) groups excluding carboxylic acids is 2. The highest BCUT2D eigenvalue weighted by Gasteiger charge is 2.17. The highest BCUT2D eigenvalue weighted by atomic mass is 19.1. The molecule has 208 valence electrons. The van der Waals surface area contributed by atoms with E-state index < -0.39 is 23.3 Å². The van der Waals surface area contributed by atoms with E-state index in [2.05, 4.69) is 25.6 Å². The maximum Gasteiger partial charge on any atom is 0.413 e. The van der Waals surface area contributed by atoms with Crippen LogP contribution in [0.4, 0.5) is 25.1 Å². The Bertz CT molecular complexity index is 1800. The normalized spacial score (nSPS) is 11.4. The van der Waals surface area contributed by atoms with Gasteiger partial charge in [0.25, 0.3) is 0 Å². The summed E-state index contributed by atoms with van der Waals surface area (Å²) in [5.74, 6) is -1.40. The van der Waals surface area contributed by atoms with E-state index in [9.17, 15) is 18.4 Å². The molecule has 0 spiro atoms. The van der Waals surface area contributed by atoms with Crippen LogP contribution in [-0.4, -0.2) is 37.1 Å². The van der Waals surface area contributed by atoms with Crippen LogP contribution in [-0.2, 0) is 9.53 Å². The fraction of sp³-hybridized carbons (Fsp3) is 0.167. The largest absolute Gasteiger partial charge is 0.444 e. The van der Waals surface area contributed by atoms with Crippen LogP contribution >= 0.6 is 0 Å². The third kappa shape index (κ3) is 6.35. The van der Waals surface area contributed by atoms with Gasteiger partial charge in [0.15, 0.2) is 5.65 Å². The van der Waals surface area contributed by atoms with Crippen LogP contribution in [0.25, 0.3) is 39.1 Å². The molecule has 5 rings (SSSR count). The van der Waals surface area contributed by atoms with Gasteiger partial charge in [0, 0.05) is 42.2 Å². The second-order valence-corrected chi connectivity index (χ2v) is 10.3. The minimum atomic E-state index is -0.730. The second kappa shape index (κ2) is 10.8. The van der Waals surface area contributed by atoms with Crippen molar-refractivity contribution in [2.45, 2.75) is 33.3 Å². The summed E-state index contributed by atoms with van der Waals surface area (Å²) in [7, 11) is 0. The highest BCUT2D eigenvalue weighted by Crippen LogP contribution is 2.31. The average molecular weight is 557 g/mol. The standard InChI is InChI=1S/C30H26F2N6O3/c1-17(39)36-22-9-19(24-6-5-21(31)13-25(24)32)10-23(14-22)38-16-35-26-11-20(15-34-28(26)38)18-7-8-33-27(12-18)37-29(40)41-30(2,3)4/h5-16H,1-4H3,(H,36,39)(H,33,37,40). The Hall–Kier alpha value is -5.19. The zero-order valence-electron chi connectivity index (χ0n) is 22.7. The number of anilines is 2. The number of imidazole rings is 1. The van der Waals surface area contributed by atoms with E-state index in [-0.39, 0.29) is 11.5 Å². The quantitative estimate of drug-likeness (QED) is 0.248. The predicted molar refractivity (Wildman–Crippen MR) is 152 cm³/mol. The molecule has 11 heteroatoms. The van der Waals surface area contributed by atoms with Gasteiger partial charge in [0.1, 0.15) is 34.9 Å². The number of halogens is 2. The van der Waals surface area contributed by atoms with Gasteiger partial charge in [-0.25, -0.2) is 28.5 Å². The number of nitrogens with zero attached hydrogens (tertiary/aromatic N) is 4. The van der Waals surface area contributed by atoms with Gasteiger partial charge >= 0.3 is 6.09 Å². The zero-order chi connectivity index (χ0) is 29.3. The summed E-state index contributed by atoms with van der Waals surface area (Å²) in [5.41, 5.74) is 3.51. The average Bonchev–Trinajstić information content (AvgIpc) is 3.30. The smallest absolute Gasteiger partial charge is 0.413 e. The fourth-order valence-corrected chi connectivity index (χ4v) is 4.24. The Morgan fingerprint density at radius 3 is 2.41 bits per heavy atom. The monoisotopic (exact) mass is 556 g/mol. The van der Waals surface area contributed by atoms with Crippen molar-refractivity contribution in [2.75, 3.05) is 10.6 Å². The molecule has 0 aliphatic heterocycles. The zero-order valence-corrected chi connectivity index (χ0v) is 22.7. The Morgan fingerprint density at radius 1 is 0.878 bits per heavy atom. The number of nitrogens with one attached hydrogen (secondary N) is 2. The molecule has 0 saturated heterocycles. The molecule has 0 bridgehead atoms. The number of fused-ring (bicyclic) bond motifs is 1. The van der Waals surface area contributed by atoms with Gasteiger partial charge < -0.3 is 10.1 Å². The Labute approximate surface area is 234 Å². The number of carbonyl (C=O) groups is 2. The number of hydrogen-bond acceptors (Lipinski definition) is 6. The number of amides is 2. The SMILES string of the molecule is CC(=O)Nc1cc(-c2ccc(F)cc2F)cc(-n2cnc3cc(-c4ccnc(NC(=O)OC(C)(C)C)c4)cnc32)c1. The molecule has 3 heterocycles. The number of hydrogen-bond donors (Lipinski definition) is 2. The molecule has 9 nitrogen and oxygen atoms in total. The summed E-state index contributed by atoms with van der Waals surface area (Å²) in [5, 5.41) is 5.35. The first-order chi connectivity index (χ1) is 19.4. The molecule has 2 N–H and O–H groups in total. The van der Waals surface area contributed by atoms with Gasteiger partial charge in [0.2, 0.25) is 5.91 Å². The maximum atomic E-state index is 14.6. The van der Waals surface area contributed by atoms with Gasteiger partial charge in [-0.3, -0.25) is 14.7 Å². The van der Waals surface area contributed by atoms with E-state index in [1.54, 1.807) is 74.4 Å². The topological polar surface area (TPSA) is 111 Å². The lowest BCUT2D eigenvalue weighted by molar-refractivity contribution is -0.114. The molecule has 0 saturated carbocycles.